The zero-order chi connectivity index (χ0) is 24.8. The highest BCUT2D eigenvalue weighted by Crippen LogP contribution is 2.44. The van der Waals surface area contributed by atoms with Crippen LogP contribution in [0, 0.1) is 75.0 Å². The van der Waals surface area contributed by atoms with Crippen molar-refractivity contribution >= 4 is 0 Å². The van der Waals surface area contributed by atoms with Gasteiger partial charge in [0.15, 0.2) is 0 Å². The largest absolute Gasteiger partial charge is 0.0623 e. The Morgan fingerprint density at radius 2 is 0.882 bits per heavy atom. The monoisotopic (exact) mass is 456 g/mol. The van der Waals surface area contributed by atoms with Gasteiger partial charge in [-0.3, -0.25) is 0 Å². The Morgan fingerprint density at radius 1 is 0.500 bits per heavy atom. The summed E-state index contributed by atoms with van der Waals surface area (Å²) in [6.07, 6.45) is 9.08. The van der Waals surface area contributed by atoms with E-state index in [1.807, 2.05) is 0 Å². The van der Waals surface area contributed by atoms with Gasteiger partial charge in [-0.05, 0) is 135 Å². The lowest BCUT2D eigenvalue weighted by Gasteiger charge is -2.41. The summed E-state index contributed by atoms with van der Waals surface area (Å²) in [6, 6.07) is 12.7. The Bertz CT molecular complexity index is 921. The molecule has 2 aromatic rings. The highest BCUT2D eigenvalue weighted by molar-refractivity contribution is 5.46. The van der Waals surface area contributed by atoms with Crippen LogP contribution in [0.5, 0.6) is 0 Å². The fourth-order valence-corrected chi connectivity index (χ4v) is 5.82. The standard InChI is InChI=1S/C18H18.C16H30/c1-13-5-7-17(11-15(13)3)9-10-18-8-6-14(2)16(4)12-18;1-11-5-7-15(9-13(11)3)16-8-6-12(2)14(4)10-16/h5-8,11-12H,1-4H3;11-16H,5-10H2,1-4H3. The van der Waals surface area contributed by atoms with Gasteiger partial charge in [0, 0.05) is 11.1 Å². The van der Waals surface area contributed by atoms with E-state index < -0.39 is 0 Å². The minimum atomic E-state index is 0.980. The van der Waals surface area contributed by atoms with Gasteiger partial charge in [-0.25, -0.2) is 0 Å². The van der Waals surface area contributed by atoms with Crippen molar-refractivity contribution in [2.75, 3.05) is 0 Å². The molecule has 0 aromatic heterocycles. The lowest BCUT2D eigenvalue weighted by atomic mass is 9.64. The molecule has 4 rings (SSSR count). The molecule has 6 unspecified atom stereocenters. The quantitative estimate of drug-likeness (QED) is 0.375. The highest BCUT2D eigenvalue weighted by Gasteiger charge is 2.34. The number of hydrogen-bond acceptors (Lipinski definition) is 0. The van der Waals surface area contributed by atoms with Crippen LogP contribution < -0.4 is 0 Å². The van der Waals surface area contributed by atoms with Crippen LogP contribution in [0.1, 0.15) is 99.6 Å². The van der Waals surface area contributed by atoms with Crippen molar-refractivity contribution in [1.29, 1.82) is 0 Å². The van der Waals surface area contributed by atoms with Crippen LogP contribution in [0.4, 0.5) is 0 Å². The van der Waals surface area contributed by atoms with E-state index >= 15 is 0 Å². The molecular formula is C34H48. The molecule has 2 saturated carbocycles. The molecule has 0 N–H and O–H groups in total. The maximum absolute atomic E-state index is 3.23. The summed E-state index contributed by atoms with van der Waals surface area (Å²) < 4.78 is 0. The van der Waals surface area contributed by atoms with Gasteiger partial charge in [-0.2, -0.15) is 0 Å². The van der Waals surface area contributed by atoms with Gasteiger partial charge < -0.3 is 0 Å². The van der Waals surface area contributed by atoms with Gasteiger partial charge in [-0.1, -0.05) is 64.5 Å². The van der Waals surface area contributed by atoms with E-state index in [9.17, 15) is 0 Å². The SMILES string of the molecule is CC1CCC(C2CCC(C)C(C)C2)CC1C.Cc1ccc(C#Cc2ccc(C)c(C)c2)cc1C. The molecule has 2 fully saturated rings. The average Bonchev–Trinajstić information content (AvgIpc) is 2.81. The van der Waals surface area contributed by atoms with Crippen LogP contribution in [-0.4, -0.2) is 0 Å². The Balaban J connectivity index is 0.000000192. The van der Waals surface area contributed by atoms with Gasteiger partial charge in [0.2, 0.25) is 0 Å². The fraction of sp³-hybridized carbons (Fsp3) is 0.588. The molecule has 0 nitrogen and oxygen atoms in total. The molecule has 2 aliphatic rings. The Kier molecular flexibility index (Phi) is 9.47. The first-order valence-corrected chi connectivity index (χ1v) is 13.8. The van der Waals surface area contributed by atoms with Crippen molar-refractivity contribution < 1.29 is 0 Å². The third-order valence-corrected chi connectivity index (χ3v) is 9.31. The molecular weight excluding hydrogens is 408 g/mol. The summed E-state index contributed by atoms with van der Waals surface area (Å²) in [4.78, 5) is 0. The molecule has 6 atom stereocenters. The van der Waals surface area contributed by atoms with Crippen molar-refractivity contribution in [2.45, 2.75) is 93.9 Å². The molecule has 0 bridgehead atoms. The molecule has 2 aromatic carbocycles. The van der Waals surface area contributed by atoms with Gasteiger partial charge >= 0.3 is 0 Å². The summed E-state index contributed by atoms with van der Waals surface area (Å²) in [7, 11) is 0. The third kappa shape index (κ3) is 7.25. The zero-order valence-electron chi connectivity index (χ0n) is 23.2. The van der Waals surface area contributed by atoms with Crippen molar-refractivity contribution in [3.05, 3.63) is 69.8 Å². The van der Waals surface area contributed by atoms with Crippen molar-refractivity contribution in [3.8, 4) is 11.8 Å². The number of rotatable bonds is 1. The van der Waals surface area contributed by atoms with E-state index in [4.69, 9.17) is 0 Å². The van der Waals surface area contributed by atoms with Crippen LogP contribution in [0.15, 0.2) is 36.4 Å². The molecule has 0 spiro atoms. The maximum Gasteiger partial charge on any atom is 0.0251 e. The van der Waals surface area contributed by atoms with Crippen LogP contribution in [0.3, 0.4) is 0 Å². The molecule has 0 saturated heterocycles. The maximum atomic E-state index is 3.23. The van der Waals surface area contributed by atoms with Crippen molar-refractivity contribution in [3.63, 3.8) is 0 Å². The van der Waals surface area contributed by atoms with E-state index in [0.717, 1.165) is 46.6 Å². The Hall–Kier alpha value is -2.00. The van der Waals surface area contributed by atoms with Crippen molar-refractivity contribution in [2.24, 2.45) is 35.5 Å². The summed E-state index contributed by atoms with van der Waals surface area (Å²) in [5.41, 5.74) is 7.37. The number of aryl methyl sites for hydroxylation is 4. The Morgan fingerprint density at radius 3 is 1.21 bits per heavy atom. The van der Waals surface area contributed by atoms with E-state index in [2.05, 4.69) is 104 Å². The lowest BCUT2D eigenvalue weighted by molar-refractivity contribution is 0.0956. The normalized spacial score (nSPS) is 28.8. The second-order valence-corrected chi connectivity index (χ2v) is 11.9. The van der Waals surface area contributed by atoms with E-state index in [1.54, 1.807) is 0 Å². The molecule has 34 heavy (non-hydrogen) atoms. The molecule has 0 radical (unpaired) electrons. The zero-order valence-corrected chi connectivity index (χ0v) is 23.2. The second kappa shape index (κ2) is 12.1. The molecule has 184 valence electrons. The summed E-state index contributed by atoms with van der Waals surface area (Å²) in [5, 5.41) is 0. The van der Waals surface area contributed by atoms with Crippen molar-refractivity contribution in [1.82, 2.24) is 0 Å². The molecule has 0 heteroatoms. The third-order valence-electron chi connectivity index (χ3n) is 9.31. The minimum absolute atomic E-state index is 0.980. The van der Waals surface area contributed by atoms with Crippen LogP contribution >= 0.6 is 0 Å². The van der Waals surface area contributed by atoms with Crippen LogP contribution in [0.25, 0.3) is 0 Å². The van der Waals surface area contributed by atoms with Crippen LogP contribution in [-0.2, 0) is 0 Å². The van der Waals surface area contributed by atoms with Crippen LogP contribution in [0.2, 0.25) is 0 Å². The smallest absolute Gasteiger partial charge is 0.0251 e. The van der Waals surface area contributed by atoms with E-state index in [0.29, 0.717) is 0 Å². The highest BCUT2D eigenvalue weighted by atomic mass is 14.4. The first-order chi connectivity index (χ1) is 16.1. The van der Waals surface area contributed by atoms with Gasteiger partial charge in [-0.15, -0.1) is 0 Å². The lowest BCUT2D eigenvalue weighted by Crippen LogP contribution is -2.31. The second-order valence-electron chi connectivity index (χ2n) is 11.9. The summed E-state index contributed by atoms with van der Waals surface area (Å²) in [6.45, 7) is 18.3. The number of benzene rings is 2. The molecule has 0 aliphatic heterocycles. The first-order valence-electron chi connectivity index (χ1n) is 13.8. The van der Waals surface area contributed by atoms with E-state index in [-0.39, 0.29) is 0 Å². The first kappa shape index (κ1) is 26.6. The predicted molar refractivity (Wildman–Crippen MR) is 149 cm³/mol. The van der Waals surface area contributed by atoms with Gasteiger partial charge in [0.1, 0.15) is 0 Å². The molecule has 0 amide bonds. The Labute approximate surface area is 211 Å². The number of hydrogen-bond donors (Lipinski definition) is 0. The summed E-state index contributed by atoms with van der Waals surface area (Å²) in [5.74, 6) is 12.5. The van der Waals surface area contributed by atoms with E-state index in [1.165, 1.54) is 60.8 Å². The molecule has 0 heterocycles. The van der Waals surface area contributed by atoms with Gasteiger partial charge in [0.25, 0.3) is 0 Å². The molecule has 2 aliphatic carbocycles. The summed E-state index contributed by atoms with van der Waals surface area (Å²) >= 11 is 0. The topological polar surface area (TPSA) is 0 Å². The predicted octanol–water partition coefficient (Wildman–Crippen LogP) is 9.45. The average molecular weight is 457 g/mol. The minimum Gasteiger partial charge on any atom is -0.0623 e. The fourth-order valence-electron chi connectivity index (χ4n) is 5.82. The van der Waals surface area contributed by atoms with Gasteiger partial charge in [0.05, 0.1) is 0 Å².